The monoisotopic (exact) mass is 462 g/mol. The lowest BCUT2D eigenvalue weighted by molar-refractivity contribution is -0.141. The predicted molar refractivity (Wildman–Crippen MR) is 117 cm³/mol. The Morgan fingerprint density at radius 3 is 2.20 bits per heavy atom. The van der Waals surface area contributed by atoms with Crippen LogP contribution in [0.2, 0.25) is 10.0 Å². The highest BCUT2D eigenvalue weighted by atomic mass is 35.5. The highest BCUT2D eigenvalue weighted by Gasteiger charge is 2.33. The number of rotatable bonds is 6. The maximum absolute atomic E-state index is 12.9. The van der Waals surface area contributed by atoms with Crippen molar-refractivity contribution in [2.45, 2.75) is 12.8 Å². The lowest BCUT2D eigenvalue weighted by Gasteiger charge is -2.12. The summed E-state index contributed by atoms with van der Waals surface area (Å²) in [5.74, 6) is -2.65. The molecule has 0 aliphatic heterocycles. The molecule has 0 aliphatic carbocycles. The van der Waals surface area contributed by atoms with E-state index in [1.807, 2.05) is 0 Å². The summed E-state index contributed by atoms with van der Waals surface area (Å²) < 4.78 is 4.79. The Balaban J connectivity index is 1.79. The molecule has 0 spiro atoms. The fourth-order valence-electron chi connectivity index (χ4n) is 2.72. The zero-order chi connectivity index (χ0) is 21.8. The van der Waals surface area contributed by atoms with Crippen LogP contribution in [0.15, 0.2) is 47.8 Å². The number of thiazole rings is 1. The van der Waals surface area contributed by atoms with Crippen LogP contribution < -0.4 is 5.32 Å². The fraction of sp³-hybridized carbons (Fsp3) is 0.143. The summed E-state index contributed by atoms with van der Waals surface area (Å²) in [6, 6.07) is 10.7. The lowest BCUT2D eigenvalue weighted by atomic mass is 9.98. The fourth-order valence-corrected chi connectivity index (χ4v) is 4.12. The van der Waals surface area contributed by atoms with Crippen LogP contribution in [0.25, 0.3) is 0 Å². The first-order chi connectivity index (χ1) is 14.3. The van der Waals surface area contributed by atoms with Gasteiger partial charge < -0.3 is 10.1 Å². The molecule has 6 nitrogen and oxygen atoms in total. The smallest absolute Gasteiger partial charge is 0.323 e. The minimum Gasteiger partial charge on any atom is -0.468 e. The van der Waals surface area contributed by atoms with Crippen LogP contribution in [0.4, 0.5) is 5.69 Å². The Labute approximate surface area is 186 Å². The van der Waals surface area contributed by atoms with Gasteiger partial charge in [0, 0.05) is 37.9 Å². The van der Waals surface area contributed by atoms with Gasteiger partial charge in [-0.3, -0.25) is 14.4 Å². The van der Waals surface area contributed by atoms with Crippen LogP contribution >= 0.6 is 34.5 Å². The van der Waals surface area contributed by atoms with E-state index in [1.54, 1.807) is 24.4 Å². The number of amides is 1. The maximum atomic E-state index is 12.9. The molecule has 1 N–H and O–H groups in total. The molecule has 0 saturated heterocycles. The van der Waals surface area contributed by atoms with Crippen LogP contribution in [-0.4, -0.2) is 29.8 Å². The molecule has 154 valence electrons. The van der Waals surface area contributed by atoms with Gasteiger partial charge in [-0.05, 0) is 49.4 Å². The third-order valence-corrected chi connectivity index (χ3v) is 5.60. The molecule has 0 fully saturated rings. The second-order valence-corrected chi connectivity index (χ2v) is 8.10. The quantitative estimate of drug-likeness (QED) is 0.311. The minimum absolute atomic E-state index is 0.294. The summed E-state index contributed by atoms with van der Waals surface area (Å²) in [7, 11) is 1.23. The predicted octanol–water partition coefficient (Wildman–Crippen LogP) is 5.15. The molecule has 1 atom stereocenters. The molecule has 2 aromatic carbocycles. The normalized spacial score (nSPS) is 11.6. The molecular weight excluding hydrogens is 447 g/mol. The van der Waals surface area contributed by atoms with Crippen molar-refractivity contribution in [3.05, 3.63) is 79.7 Å². The number of aryl methyl sites for hydroxylation is 1. The third kappa shape index (κ3) is 5.05. The number of carbonyl (C=O) groups excluding carboxylic acids is 3. The number of hydrogen-bond acceptors (Lipinski definition) is 6. The average molecular weight is 463 g/mol. The number of aromatic nitrogens is 1. The zero-order valence-electron chi connectivity index (χ0n) is 15.9. The number of ether oxygens (including phenoxy) is 1. The summed E-state index contributed by atoms with van der Waals surface area (Å²) in [6.07, 6.45) is 0. The van der Waals surface area contributed by atoms with Gasteiger partial charge in [-0.1, -0.05) is 23.2 Å². The number of carbonyl (C=O) groups is 3. The zero-order valence-corrected chi connectivity index (χ0v) is 18.3. The number of esters is 1. The summed E-state index contributed by atoms with van der Waals surface area (Å²) in [6.45, 7) is 1.78. The Morgan fingerprint density at radius 1 is 1.03 bits per heavy atom. The second-order valence-electron chi connectivity index (χ2n) is 6.34. The van der Waals surface area contributed by atoms with E-state index in [2.05, 4.69) is 10.3 Å². The third-order valence-electron chi connectivity index (χ3n) is 4.13. The van der Waals surface area contributed by atoms with Crippen LogP contribution in [0.1, 0.15) is 37.3 Å². The van der Waals surface area contributed by atoms with Crippen LogP contribution in [0.3, 0.4) is 0 Å². The van der Waals surface area contributed by atoms with Crippen molar-refractivity contribution >= 4 is 57.9 Å². The Bertz CT molecular complexity index is 1090. The van der Waals surface area contributed by atoms with Gasteiger partial charge in [0.05, 0.1) is 7.11 Å². The topological polar surface area (TPSA) is 85.4 Å². The Kier molecular flexibility index (Phi) is 6.87. The molecule has 0 saturated carbocycles. The van der Waals surface area contributed by atoms with E-state index < -0.39 is 23.6 Å². The summed E-state index contributed by atoms with van der Waals surface area (Å²) in [5, 5.41) is 5.54. The molecule has 0 bridgehead atoms. The molecule has 30 heavy (non-hydrogen) atoms. The van der Waals surface area contributed by atoms with E-state index in [9.17, 15) is 14.4 Å². The maximum Gasteiger partial charge on any atom is 0.323 e. The van der Waals surface area contributed by atoms with Crippen molar-refractivity contribution in [2.24, 2.45) is 0 Å². The van der Waals surface area contributed by atoms with Crippen LogP contribution in [-0.2, 0) is 9.53 Å². The molecule has 3 aromatic rings. The molecule has 0 aliphatic rings. The van der Waals surface area contributed by atoms with E-state index in [0.29, 0.717) is 31.9 Å². The number of ketones is 1. The van der Waals surface area contributed by atoms with Gasteiger partial charge in [-0.15, -0.1) is 11.3 Å². The molecule has 3 rings (SSSR count). The van der Waals surface area contributed by atoms with E-state index in [4.69, 9.17) is 27.9 Å². The van der Waals surface area contributed by atoms with E-state index in [-0.39, 0.29) is 0 Å². The first-order valence-corrected chi connectivity index (χ1v) is 10.3. The van der Waals surface area contributed by atoms with Crippen molar-refractivity contribution in [1.29, 1.82) is 0 Å². The number of nitrogens with one attached hydrogen (secondary N) is 1. The van der Waals surface area contributed by atoms with E-state index in [1.165, 1.54) is 48.8 Å². The number of methoxy groups -OCH3 is 1. The van der Waals surface area contributed by atoms with Gasteiger partial charge in [-0.2, -0.15) is 0 Å². The lowest BCUT2D eigenvalue weighted by Crippen LogP contribution is -2.23. The van der Waals surface area contributed by atoms with Crippen molar-refractivity contribution in [1.82, 2.24) is 4.98 Å². The Morgan fingerprint density at radius 2 is 1.67 bits per heavy atom. The largest absolute Gasteiger partial charge is 0.468 e. The summed E-state index contributed by atoms with van der Waals surface area (Å²) >= 11 is 13.1. The minimum atomic E-state index is -1.14. The number of hydrogen-bond donors (Lipinski definition) is 1. The number of anilines is 1. The summed E-state index contributed by atoms with van der Waals surface area (Å²) in [4.78, 5) is 41.8. The van der Waals surface area contributed by atoms with Gasteiger partial charge in [0.1, 0.15) is 5.01 Å². The molecule has 1 aromatic heterocycles. The van der Waals surface area contributed by atoms with E-state index in [0.717, 1.165) is 5.69 Å². The van der Waals surface area contributed by atoms with Crippen LogP contribution in [0, 0.1) is 6.92 Å². The van der Waals surface area contributed by atoms with Gasteiger partial charge in [-0.25, -0.2) is 4.98 Å². The van der Waals surface area contributed by atoms with Crippen LogP contribution in [0.5, 0.6) is 0 Å². The highest BCUT2D eigenvalue weighted by Crippen LogP contribution is 2.26. The molecule has 9 heteroatoms. The number of nitrogens with zero attached hydrogens (tertiary/aromatic N) is 1. The molecule has 1 amide bonds. The summed E-state index contributed by atoms with van der Waals surface area (Å²) in [5.41, 5.74) is 1.78. The highest BCUT2D eigenvalue weighted by molar-refractivity contribution is 7.10. The Hall–Kier alpha value is -2.74. The number of halogens is 2. The second kappa shape index (κ2) is 9.38. The molecular formula is C21H16Cl2N2O4S. The molecule has 0 radical (unpaired) electrons. The van der Waals surface area contributed by atoms with Gasteiger partial charge >= 0.3 is 5.97 Å². The van der Waals surface area contributed by atoms with Gasteiger partial charge in [0.2, 0.25) is 0 Å². The molecule has 1 heterocycles. The van der Waals surface area contributed by atoms with Crippen molar-refractivity contribution < 1.29 is 19.1 Å². The SMILES string of the molecule is COC(=O)[C@@H](C(=O)c1ccc(NC(=O)c2cc(Cl)cc(Cl)c2)cc1)c1nc(C)cs1. The van der Waals surface area contributed by atoms with Gasteiger partial charge in [0.15, 0.2) is 11.7 Å². The standard InChI is InChI=1S/C21H16Cl2N2O4S/c1-11-10-30-20(24-11)17(21(28)29-2)18(26)12-3-5-16(6-4-12)25-19(27)13-7-14(22)9-15(23)8-13/h3-10,17H,1-2H3,(H,25,27)/t17-/m0/s1. The molecule has 0 unspecified atom stereocenters. The van der Waals surface area contributed by atoms with Crippen molar-refractivity contribution in [3.8, 4) is 0 Å². The number of Topliss-reactive ketones (excluding diaryl/α,β-unsaturated/α-hetero) is 1. The van der Waals surface area contributed by atoms with Gasteiger partial charge in [0.25, 0.3) is 5.91 Å². The van der Waals surface area contributed by atoms with E-state index >= 15 is 0 Å². The first kappa shape index (κ1) is 22.0. The average Bonchev–Trinajstić information content (AvgIpc) is 3.13. The number of benzene rings is 2. The first-order valence-electron chi connectivity index (χ1n) is 8.70. The van der Waals surface area contributed by atoms with Crippen molar-refractivity contribution in [3.63, 3.8) is 0 Å². The van der Waals surface area contributed by atoms with Crippen molar-refractivity contribution in [2.75, 3.05) is 12.4 Å².